The zero-order valence-electron chi connectivity index (χ0n) is 18.3. The number of amides is 1. The molecule has 2 aliphatic rings. The number of nitrogens with two attached hydrogens (primary N) is 1. The lowest BCUT2D eigenvalue weighted by atomic mass is 10.0. The number of rotatable bonds is 7. The lowest BCUT2D eigenvalue weighted by molar-refractivity contribution is -0.153. The Bertz CT molecular complexity index is 1190. The zero-order chi connectivity index (χ0) is 23.7. The first-order chi connectivity index (χ1) is 16.5. The summed E-state index contributed by atoms with van der Waals surface area (Å²) in [5, 5.41) is 8.84. The smallest absolute Gasteiger partial charge is 0.356 e. The van der Waals surface area contributed by atoms with Gasteiger partial charge in [-0.1, -0.05) is 83.8 Å². The third-order valence-electron chi connectivity index (χ3n) is 5.59. The fraction of sp³-hybridized carbons (Fsp3) is 0.250. The Morgan fingerprint density at radius 1 is 1.15 bits per heavy atom. The first kappa shape index (κ1) is 23.1. The first-order valence-electron chi connectivity index (χ1n) is 10.7. The number of hydrogen-bond acceptors (Lipinski definition) is 9. The molecule has 1 fully saturated rings. The zero-order valence-corrected chi connectivity index (χ0v) is 20.7. The second-order valence-corrected chi connectivity index (χ2v) is 11.4. The van der Waals surface area contributed by atoms with Gasteiger partial charge in [0.05, 0.1) is 0 Å². The van der Waals surface area contributed by atoms with Crippen LogP contribution in [0.5, 0.6) is 0 Å². The molecule has 174 valence electrons. The molecule has 0 spiro atoms. The molecule has 0 aliphatic carbocycles. The van der Waals surface area contributed by atoms with E-state index < -0.39 is 18.1 Å². The lowest BCUT2D eigenvalue weighted by Crippen LogP contribution is -2.68. The number of β-lactam (4-membered cyclic amide) rings is 1. The van der Waals surface area contributed by atoms with Crippen LogP contribution in [0.25, 0.3) is 0 Å². The van der Waals surface area contributed by atoms with Crippen molar-refractivity contribution < 1.29 is 14.3 Å². The molecule has 10 heteroatoms. The Hall–Kier alpha value is -2.66. The number of hydrogen-bond donors (Lipinski definition) is 1. The third kappa shape index (κ3) is 4.50. The quantitative estimate of drug-likeness (QED) is 0.291. The van der Waals surface area contributed by atoms with Crippen LogP contribution in [-0.4, -0.2) is 49.9 Å². The van der Waals surface area contributed by atoms with E-state index in [9.17, 15) is 9.59 Å². The van der Waals surface area contributed by atoms with Gasteiger partial charge < -0.3 is 10.5 Å². The molecule has 2 N–H and O–H groups in total. The van der Waals surface area contributed by atoms with Crippen molar-refractivity contribution in [3.63, 3.8) is 0 Å². The van der Waals surface area contributed by atoms with Crippen molar-refractivity contribution in [2.45, 2.75) is 28.8 Å². The summed E-state index contributed by atoms with van der Waals surface area (Å²) in [6, 6.07) is 18.6. The van der Waals surface area contributed by atoms with Crippen molar-refractivity contribution >= 4 is 46.7 Å². The van der Waals surface area contributed by atoms with Crippen molar-refractivity contribution in [1.82, 2.24) is 15.1 Å². The summed E-state index contributed by atoms with van der Waals surface area (Å²) in [6.45, 7) is 1.90. The van der Waals surface area contributed by atoms with E-state index in [1.54, 1.807) is 11.8 Å². The number of carbonyl (C=O) groups is 2. The Morgan fingerprint density at radius 2 is 1.79 bits per heavy atom. The van der Waals surface area contributed by atoms with Crippen LogP contribution in [0.4, 0.5) is 0 Å². The largest absolute Gasteiger partial charge is 0.448 e. The predicted molar refractivity (Wildman–Crippen MR) is 134 cm³/mol. The minimum absolute atomic E-state index is 0.250. The maximum absolute atomic E-state index is 13.7. The number of nitrogens with zero attached hydrogens (tertiary/aromatic N) is 3. The molecule has 2 aromatic carbocycles. The first-order valence-corrected chi connectivity index (χ1v) is 13.5. The molecule has 1 aromatic heterocycles. The minimum atomic E-state index is -0.605. The second-order valence-electron chi connectivity index (χ2n) is 7.87. The molecule has 3 heterocycles. The van der Waals surface area contributed by atoms with Gasteiger partial charge >= 0.3 is 5.97 Å². The molecule has 2 atom stereocenters. The van der Waals surface area contributed by atoms with Gasteiger partial charge in [-0.25, -0.2) is 4.79 Å². The summed E-state index contributed by atoms with van der Waals surface area (Å²) < 4.78 is 6.93. The van der Waals surface area contributed by atoms with Gasteiger partial charge in [0.1, 0.15) is 22.1 Å². The van der Waals surface area contributed by atoms with Gasteiger partial charge in [-0.05, 0) is 23.6 Å². The van der Waals surface area contributed by atoms with Crippen LogP contribution in [-0.2, 0) is 14.3 Å². The fourth-order valence-corrected chi connectivity index (χ4v) is 7.16. The van der Waals surface area contributed by atoms with Crippen molar-refractivity contribution in [1.29, 1.82) is 0 Å². The lowest BCUT2D eigenvalue weighted by Gasteiger charge is -2.48. The number of fused-ring (bicyclic) bond motifs is 1. The Morgan fingerprint density at radius 3 is 2.38 bits per heavy atom. The molecule has 7 nitrogen and oxygen atoms in total. The van der Waals surface area contributed by atoms with Gasteiger partial charge in [0.15, 0.2) is 10.4 Å². The molecule has 0 radical (unpaired) electrons. The van der Waals surface area contributed by atoms with E-state index in [1.165, 1.54) is 28.0 Å². The summed E-state index contributed by atoms with van der Waals surface area (Å²) in [5.74, 6) is 0.333. The summed E-state index contributed by atoms with van der Waals surface area (Å²) in [4.78, 5) is 27.9. The van der Waals surface area contributed by atoms with E-state index in [2.05, 4.69) is 10.2 Å². The van der Waals surface area contributed by atoms with Gasteiger partial charge in [0, 0.05) is 11.5 Å². The van der Waals surface area contributed by atoms with Gasteiger partial charge in [-0.3, -0.25) is 9.69 Å². The molecule has 1 unspecified atom stereocenters. The van der Waals surface area contributed by atoms with Crippen LogP contribution in [0, 0.1) is 6.92 Å². The average Bonchev–Trinajstić information content (AvgIpc) is 3.30. The SMILES string of the molecule is Cc1nnc(SCC2=C(C(=O)OC(c3ccccc3)c3ccccc3)N3C(=O)C(N)[C@H]3SC2)s1. The summed E-state index contributed by atoms with van der Waals surface area (Å²) in [5.41, 5.74) is 8.89. The van der Waals surface area contributed by atoms with Crippen molar-refractivity contribution in [3.8, 4) is 0 Å². The van der Waals surface area contributed by atoms with E-state index in [1.807, 2.05) is 67.6 Å². The number of benzene rings is 2. The normalized spacial score (nSPS) is 19.7. The molecule has 3 aromatic rings. The molecule has 0 bridgehead atoms. The van der Waals surface area contributed by atoms with Crippen LogP contribution < -0.4 is 5.73 Å². The van der Waals surface area contributed by atoms with Crippen molar-refractivity contribution in [3.05, 3.63) is 88.1 Å². The van der Waals surface area contributed by atoms with Crippen LogP contribution in [0.2, 0.25) is 0 Å². The van der Waals surface area contributed by atoms with E-state index in [-0.39, 0.29) is 11.3 Å². The second kappa shape index (κ2) is 9.91. The van der Waals surface area contributed by atoms with Crippen molar-refractivity contribution in [2.24, 2.45) is 5.73 Å². The van der Waals surface area contributed by atoms with E-state index in [4.69, 9.17) is 10.5 Å². The number of ether oxygens (including phenoxy) is 1. The maximum atomic E-state index is 13.7. The number of aromatic nitrogens is 2. The third-order valence-corrected chi connectivity index (χ3v) is 9.01. The summed E-state index contributed by atoms with van der Waals surface area (Å²) in [7, 11) is 0. The number of carbonyl (C=O) groups excluding carboxylic acids is 2. The van der Waals surface area contributed by atoms with Gasteiger partial charge in [0.25, 0.3) is 0 Å². The highest BCUT2D eigenvalue weighted by Gasteiger charge is 2.52. The highest BCUT2D eigenvalue weighted by molar-refractivity contribution is 8.01. The molecule has 5 rings (SSSR count). The molecule has 2 aliphatic heterocycles. The molecule has 0 saturated carbocycles. The Kier molecular flexibility index (Phi) is 6.73. The molecule has 1 amide bonds. The number of esters is 1. The van der Waals surface area contributed by atoms with Crippen molar-refractivity contribution in [2.75, 3.05) is 11.5 Å². The Balaban J connectivity index is 1.47. The maximum Gasteiger partial charge on any atom is 0.356 e. The minimum Gasteiger partial charge on any atom is -0.448 e. The number of thioether (sulfide) groups is 2. The highest BCUT2D eigenvalue weighted by atomic mass is 32.2. The topological polar surface area (TPSA) is 98.4 Å². The van der Waals surface area contributed by atoms with Crippen LogP contribution >= 0.6 is 34.9 Å². The van der Waals surface area contributed by atoms with Gasteiger partial charge in [-0.15, -0.1) is 22.0 Å². The standard InChI is InChI=1S/C24H22N4O3S3/c1-14-26-27-24(34-14)33-13-17-12-32-22-18(25)21(29)28(22)19(17)23(30)31-20(15-8-4-2-5-9-15)16-10-6-3-7-11-16/h2-11,18,20,22H,12-13,25H2,1H3/t18?,22-/m1/s1. The summed E-state index contributed by atoms with van der Waals surface area (Å²) in [6.07, 6.45) is -0.597. The number of aryl methyl sites for hydroxylation is 1. The Labute approximate surface area is 209 Å². The predicted octanol–water partition coefficient (Wildman–Crippen LogP) is 3.77. The monoisotopic (exact) mass is 510 g/mol. The van der Waals surface area contributed by atoms with Crippen LogP contribution in [0.1, 0.15) is 22.2 Å². The van der Waals surface area contributed by atoms with Crippen LogP contribution in [0.15, 0.2) is 76.3 Å². The average molecular weight is 511 g/mol. The fourth-order valence-electron chi connectivity index (χ4n) is 3.91. The van der Waals surface area contributed by atoms with Gasteiger partial charge in [-0.2, -0.15) is 0 Å². The molecule has 1 saturated heterocycles. The highest BCUT2D eigenvalue weighted by Crippen LogP contribution is 2.42. The van der Waals surface area contributed by atoms with Crippen LogP contribution in [0.3, 0.4) is 0 Å². The van der Waals surface area contributed by atoms with E-state index >= 15 is 0 Å². The van der Waals surface area contributed by atoms with E-state index in [0.717, 1.165) is 26.0 Å². The summed E-state index contributed by atoms with van der Waals surface area (Å²) >= 11 is 4.58. The molecular weight excluding hydrogens is 488 g/mol. The van der Waals surface area contributed by atoms with Gasteiger partial charge in [0.2, 0.25) is 5.91 Å². The molecule has 34 heavy (non-hydrogen) atoms. The van der Waals surface area contributed by atoms with E-state index in [0.29, 0.717) is 17.2 Å². The molecular formula is C24H22N4O3S3.